The van der Waals surface area contributed by atoms with Crippen LogP contribution in [-0.2, 0) is 4.79 Å². The quantitative estimate of drug-likeness (QED) is 0.554. The van der Waals surface area contributed by atoms with Crippen LogP contribution in [0.4, 0.5) is 0 Å². The second kappa shape index (κ2) is 3.30. The Bertz CT molecular complexity index is 222. The van der Waals surface area contributed by atoms with E-state index < -0.39 is 0 Å². The number of carbonyl (C=O) groups excluding carboxylic acids is 1. The summed E-state index contributed by atoms with van der Waals surface area (Å²) in [7, 11) is 0. The predicted octanol–water partition coefficient (Wildman–Crippen LogP) is 1.77. The maximum Gasteiger partial charge on any atom is 0.160 e. The fraction of sp³-hybridized carbons (Fsp3) is 0.700. The Hall–Kier alpha value is -0.790. The van der Waals surface area contributed by atoms with Gasteiger partial charge < -0.3 is 5.32 Å². The van der Waals surface area contributed by atoms with Gasteiger partial charge in [0.1, 0.15) is 0 Å². The number of rotatable bonds is 0. The molecule has 1 saturated heterocycles. The molecule has 0 amide bonds. The number of nitrogens with one attached hydrogen (secondary N) is 1. The molecule has 0 aromatic heterocycles. The van der Waals surface area contributed by atoms with Crippen LogP contribution in [-0.4, -0.2) is 12.3 Å². The first-order valence-electron chi connectivity index (χ1n) is 4.87. The summed E-state index contributed by atoms with van der Waals surface area (Å²) in [6.07, 6.45) is 6.39. The summed E-state index contributed by atoms with van der Waals surface area (Å²) in [4.78, 5) is 11.5. The van der Waals surface area contributed by atoms with Crippen LogP contribution in [0.15, 0.2) is 11.3 Å². The molecule has 1 aliphatic heterocycles. The third-order valence-electron chi connectivity index (χ3n) is 2.72. The molecule has 2 fully saturated rings. The molecule has 0 radical (unpaired) electrons. The van der Waals surface area contributed by atoms with Gasteiger partial charge in [-0.1, -0.05) is 0 Å². The van der Waals surface area contributed by atoms with Crippen molar-refractivity contribution in [2.24, 2.45) is 0 Å². The molecule has 12 heavy (non-hydrogen) atoms. The van der Waals surface area contributed by atoms with Crippen LogP contribution in [0.1, 0.15) is 38.5 Å². The van der Waals surface area contributed by atoms with Crippen molar-refractivity contribution < 1.29 is 4.79 Å². The zero-order valence-electron chi connectivity index (χ0n) is 7.36. The van der Waals surface area contributed by atoms with E-state index in [-0.39, 0.29) is 0 Å². The average Bonchev–Trinajstić information content (AvgIpc) is 2.57. The van der Waals surface area contributed by atoms with E-state index in [1.54, 1.807) is 0 Å². The Kier molecular flexibility index (Phi) is 2.15. The van der Waals surface area contributed by atoms with E-state index in [1.807, 2.05) is 0 Å². The van der Waals surface area contributed by atoms with Crippen LogP contribution in [0, 0.1) is 0 Å². The van der Waals surface area contributed by atoms with Gasteiger partial charge in [-0.05, 0) is 32.1 Å². The number of hydrogen-bond acceptors (Lipinski definition) is 2. The van der Waals surface area contributed by atoms with Gasteiger partial charge in [-0.2, -0.15) is 0 Å². The molecular formula is C10H15NO. The number of hydrogen-bond donors (Lipinski definition) is 1. The van der Waals surface area contributed by atoms with Crippen molar-refractivity contribution in [1.82, 2.24) is 5.32 Å². The summed E-state index contributed by atoms with van der Waals surface area (Å²) in [5, 5.41) is 3.32. The van der Waals surface area contributed by atoms with E-state index in [0.717, 1.165) is 37.8 Å². The second-order valence-corrected chi connectivity index (χ2v) is 3.62. The molecule has 1 aliphatic carbocycles. The van der Waals surface area contributed by atoms with Crippen molar-refractivity contribution in [2.75, 3.05) is 6.54 Å². The minimum absolute atomic E-state index is 0.394. The summed E-state index contributed by atoms with van der Waals surface area (Å²) >= 11 is 0. The van der Waals surface area contributed by atoms with Crippen LogP contribution in [0.2, 0.25) is 0 Å². The zero-order valence-corrected chi connectivity index (χ0v) is 7.36. The van der Waals surface area contributed by atoms with Crippen molar-refractivity contribution in [1.29, 1.82) is 0 Å². The smallest absolute Gasteiger partial charge is 0.160 e. The summed E-state index contributed by atoms with van der Waals surface area (Å²) in [5.74, 6) is 0.394. The standard InChI is InChI=1S/C10H15NO/c12-10-6-2-1-4-8(10)9-5-3-7-11-9/h11H,1-7H2/b9-8-. The van der Waals surface area contributed by atoms with Crippen LogP contribution in [0.3, 0.4) is 0 Å². The molecule has 0 bridgehead atoms. The number of Topliss-reactive ketones (excluding diaryl/α,β-unsaturated/α-hetero) is 1. The molecular weight excluding hydrogens is 150 g/mol. The van der Waals surface area contributed by atoms with Gasteiger partial charge >= 0.3 is 0 Å². The van der Waals surface area contributed by atoms with Crippen molar-refractivity contribution in [3.63, 3.8) is 0 Å². The van der Waals surface area contributed by atoms with E-state index in [9.17, 15) is 4.79 Å². The zero-order chi connectivity index (χ0) is 8.39. The lowest BCUT2D eigenvalue weighted by Gasteiger charge is -2.15. The lowest BCUT2D eigenvalue weighted by atomic mass is 9.91. The van der Waals surface area contributed by atoms with Gasteiger partial charge in [0.2, 0.25) is 0 Å². The third kappa shape index (κ3) is 1.38. The van der Waals surface area contributed by atoms with Crippen LogP contribution in [0.5, 0.6) is 0 Å². The largest absolute Gasteiger partial charge is 0.388 e. The van der Waals surface area contributed by atoms with Gasteiger partial charge in [-0.3, -0.25) is 4.79 Å². The first kappa shape index (κ1) is 7.84. The molecule has 1 heterocycles. The van der Waals surface area contributed by atoms with Gasteiger partial charge in [-0.15, -0.1) is 0 Å². The first-order valence-corrected chi connectivity index (χ1v) is 4.87. The van der Waals surface area contributed by atoms with Gasteiger partial charge in [-0.25, -0.2) is 0 Å². The highest BCUT2D eigenvalue weighted by molar-refractivity contribution is 5.96. The van der Waals surface area contributed by atoms with E-state index >= 15 is 0 Å². The highest BCUT2D eigenvalue weighted by atomic mass is 16.1. The highest BCUT2D eigenvalue weighted by Crippen LogP contribution is 2.25. The van der Waals surface area contributed by atoms with Gasteiger partial charge in [0.05, 0.1) is 0 Å². The van der Waals surface area contributed by atoms with Crippen LogP contribution >= 0.6 is 0 Å². The molecule has 0 spiro atoms. The molecule has 0 atom stereocenters. The van der Waals surface area contributed by atoms with Gasteiger partial charge in [0.15, 0.2) is 5.78 Å². The molecule has 0 aromatic carbocycles. The minimum Gasteiger partial charge on any atom is -0.388 e. The lowest BCUT2D eigenvalue weighted by molar-refractivity contribution is -0.116. The molecule has 2 aliphatic rings. The van der Waals surface area contributed by atoms with Crippen molar-refractivity contribution in [3.8, 4) is 0 Å². The Morgan fingerprint density at radius 2 is 1.83 bits per heavy atom. The van der Waals surface area contributed by atoms with Crippen molar-refractivity contribution >= 4 is 5.78 Å². The van der Waals surface area contributed by atoms with Crippen LogP contribution < -0.4 is 5.32 Å². The van der Waals surface area contributed by atoms with Crippen LogP contribution in [0.25, 0.3) is 0 Å². The molecule has 2 rings (SSSR count). The first-order chi connectivity index (χ1) is 5.88. The summed E-state index contributed by atoms with van der Waals surface area (Å²) in [6, 6.07) is 0. The summed E-state index contributed by atoms with van der Waals surface area (Å²) in [6.45, 7) is 1.06. The number of allylic oxidation sites excluding steroid dienone is 2. The molecule has 1 saturated carbocycles. The van der Waals surface area contributed by atoms with E-state index in [2.05, 4.69) is 5.32 Å². The maximum absolute atomic E-state index is 11.5. The molecule has 0 unspecified atom stereocenters. The topological polar surface area (TPSA) is 29.1 Å². The fourth-order valence-corrected chi connectivity index (χ4v) is 2.05. The molecule has 2 heteroatoms. The van der Waals surface area contributed by atoms with Gasteiger partial charge in [0.25, 0.3) is 0 Å². The minimum atomic E-state index is 0.394. The number of carbonyl (C=O) groups is 1. The van der Waals surface area contributed by atoms with E-state index in [4.69, 9.17) is 0 Å². The summed E-state index contributed by atoms with van der Waals surface area (Å²) < 4.78 is 0. The molecule has 2 nitrogen and oxygen atoms in total. The Balaban J connectivity index is 2.18. The monoisotopic (exact) mass is 165 g/mol. The average molecular weight is 165 g/mol. The van der Waals surface area contributed by atoms with E-state index in [1.165, 1.54) is 18.5 Å². The Morgan fingerprint density at radius 3 is 2.50 bits per heavy atom. The van der Waals surface area contributed by atoms with Crippen molar-refractivity contribution in [2.45, 2.75) is 38.5 Å². The fourth-order valence-electron chi connectivity index (χ4n) is 2.05. The molecule has 1 N–H and O–H groups in total. The Morgan fingerprint density at radius 1 is 1.00 bits per heavy atom. The second-order valence-electron chi connectivity index (χ2n) is 3.62. The SMILES string of the molecule is O=C1CCCC/C1=C1\CCCN1. The normalized spacial score (nSPS) is 30.5. The Labute approximate surface area is 73.0 Å². The number of ketones is 1. The third-order valence-corrected chi connectivity index (χ3v) is 2.72. The predicted molar refractivity (Wildman–Crippen MR) is 47.7 cm³/mol. The van der Waals surface area contributed by atoms with Gasteiger partial charge in [0, 0.05) is 24.2 Å². The van der Waals surface area contributed by atoms with Crippen molar-refractivity contribution in [3.05, 3.63) is 11.3 Å². The highest BCUT2D eigenvalue weighted by Gasteiger charge is 2.20. The molecule has 66 valence electrons. The molecule has 0 aromatic rings. The lowest BCUT2D eigenvalue weighted by Crippen LogP contribution is -2.15. The maximum atomic E-state index is 11.5. The van der Waals surface area contributed by atoms with E-state index in [0.29, 0.717) is 5.78 Å². The summed E-state index contributed by atoms with van der Waals surface area (Å²) in [5.41, 5.74) is 2.36.